The molecule has 3 fully saturated rings. The number of carbonyl (C=O) groups is 2. The van der Waals surface area contributed by atoms with Gasteiger partial charge in [-0.1, -0.05) is 6.92 Å². The number of hydrogen-bond acceptors (Lipinski definition) is 4. The van der Waals surface area contributed by atoms with Crippen LogP contribution >= 0.6 is 0 Å². The third kappa shape index (κ3) is 3.71. The van der Waals surface area contributed by atoms with Crippen LogP contribution in [0.5, 0.6) is 5.75 Å². The minimum atomic E-state index is -0.307. The number of amides is 2. The van der Waals surface area contributed by atoms with Crippen LogP contribution < -0.4 is 9.64 Å². The number of rotatable bonds is 7. The lowest BCUT2D eigenvalue weighted by molar-refractivity contribution is -0.137. The van der Waals surface area contributed by atoms with Crippen LogP contribution in [-0.4, -0.2) is 36.4 Å². The molecule has 2 aromatic rings. The largest absolute Gasteiger partial charge is 0.497 e. The summed E-state index contributed by atoms with van der Waals surface area (Å²) in [6.07, 6.45) is 3.50. The highest BCUT2D eigenvalue weighted by Gasteiger charge is 2.42. The van der Waals surface area contributed by atoms with Gasteiger partial charge in [-0.25, -0.2) is 0 Å². The van der Waals surface area contributed by atoms with E-state index in [0.29, 0.717) is 24.9 Å². The van der Waals surface area contributed by atoms with Gasteiger partial charge < -0.3 is 19.0 Å². The van der Waals surface area contributed by atoms with Gasteiger partial charge >= 0.3 is 0 Å². The van der Waals surface area contributed by atoms with Gasteiger partial charge in [0, 0.05) is 30.6 Å². The summed E-state index contributed by atoms with van der Waals surface area (Å²) in [5.74, 6) is 3.63. The summed E-state index contributed by atoms with van der Waals surface area (Å²) in [4.78, 5) is 29.6. The predicted octanol–water partition coefficient (Wildman–Crippen LogP) is 3.96. The fourth-order valence-corrected chi connectivity index (χ4v) is 4.46. The Bertz CT molecular complexity index is 946. The average molecular weight is 408 g/mol. The number of hydrogen-bond donors (Lipinski definition) is 0. The van der Waals surface area contributed by atoms with Crippen LogP contribution in [0.3, 0.4) is 0 Å². The first kappa shape index (κ1) is 19.2. The van der Waals surface area contributed by atoms with E-state index < -0.39 is 0 Å². The average Bonchev–Trinajstić information content (AvgIpc) is 3.64. The molecular formula is C24H28N2O4. The molecule has 2 amide bonds. The highest BCUT2D eigenvalue weighted by atomic mass is 16.5. The van der Waals surface area contributed by atoms with Crippen molar-refractivity contribution < 1.29 is 18.7 Å². The first-order chi connectivity index (χ1) is 14.5. The highest BCUT2D eigenvalue weighted by molar-refractivity contribution is 6.00. The normalized spacial score (nSPS) is 25.5. The van der Waals surface area contributed by atoms with Gasteiger partial charge in [0.2, 0.25) is 11.8 Å². The van der Waals surface area contributed by atoms with Gasteiger partial charge in [0.05, 0.1) is 19.6 Å². The zero-order valence-electron chi connectivity index (χ0n) is 17.5. The van der Waals surface area contributed by atoms with Crippen molar-refractivity contribution in [3.05, 3.63) is 47.9 Å². The molecule has 5 rings (SSSR count). The molecule has 2 aliphatic carbocycles. The minimum absolute atomic E-state index is 0.00253. The Balaban J connectivity index is 1.27. The molecule has 1 aliphatic heterocycles. The molecule has 3 aliphatic rings. The third-order valence-electron chi connectivity index (χ3n) is 6.61. The Hall–Kier alpha value is -2.76. The van der Waals surface area contributed by atoms with Gasteiger partial charge in [0.1, 0.15) is 17.3 Å². The second-order valence-electron chi connectivity index (χ2n) is 8.92. The molecule has 2 heterocycles. The van der Waals surface area contributed by atoms with E-state index in [-0.39, 0.29) is 30.2 Å². The number of anilines is 1. The number of benzene rings is 1. The Morgan fingerprint density at radius 1 is 1.20 bits per heavy atom. The predicted molar refractivity (Wildman–Crippen MR) is 112 cm³/mol. The SMILES string of the molecule is COc1ccc(N2CC(C(=O)N(Cc3ccc(C4CC4C)o3)C3CC3)CC2=O)cc1. The second kappa shape index (κ2) is 7.49. The number of carbonyl (C=O) groups excluding carboxylic acids is 2. The van der Waals surface area contributed by atoms with E-state index in [1.54, 1.807) is 12.0 Å². The van der Waals surface area contributed by atoms with E-state index in [2.05, 4.69) is 13.0 Å². The zero-order chi connectivity index (χ0) is 20.8. The van der Waals surface area contributed by atoms with Crippen LogP contribution in [0, 0.1) is 11.8 Å². The Morgan fingerprint density at radius 2 is 1.93 bits per heavy atom. The molecule has 30 heavy (non-hydrogen) atoms. The number of ether oxygens (including phenoxy) is 1. The topological polar surface area (TPSA) is 63.0 Å². The summed E-state index contributed by atoms with van der Waals surface area (Å²) >= 11 is 0. The summed E-state index contributed by atoms with van der Waals surface area (Å²) in [5, 5.41) is 0. The molecule has 1 saturated heterocycles. The maximum atomic E-state index is 13.3. The molecule has 0 radical (unpaired) electrons. The lowest BCUT2D eigenvalue weighted by atomic mass is 10.1. The van der Waals surface area contributed by atoms with Crippen molar-refractivity contribution in [2.24, 2.45) is 11.8 Å². The maximum Gasteiger partial charge on any atom is 0.228 e. The summed E-state index contributed by atoms with van der Waals surface area (Å²) in [6.45, 7) is 3.16. The minimum Gasteiger partial charge on any atom is -0.497 e. The van der Waals surface area contributed by atoms with E-state index in [1.165, 1.54) is 6.42 Å². The molecule has 158 valence electrons. The maximum absolute atomic E-state index is 13.3. The van der Waals surface area contributed by atoms with Crippen molar-refractivity contribution in [3.8, 4) is 5.75 Å². The second-order valence-corrected chi connectivity index (χ2v) is 8.92. The van der Waals surface area contributed by atoms with E-state index in [9.17, 15) is 9.59 Å². The van der Waals surface area contributed by atoms with Crippen LogP contribution in [0.1, 0.15) is 50.0 Å². The van der Waals surface area contributed by atoms with Crippen molar-refractivity contribution in [2.45, 2.75) is 51.1 Å². The summed E-state index contributed by atoms with van der Waals surface area (Å²) in [5.41, 5.74) is 0.809. The Labute approximate surface area is 176 Å². The number of furan rings is 1. The first-order valence-electron chi connectivity index (χ1n) is 10.9. The van der Waals surface area contributed by atoms with Crippen molar-refractivity contribution in [1.82, 2.24) is 4.90 Å². The van der Waals surface area contributed by atoms with Gasteiger partial charge in [-0.15, -0.1) is 0 Å². The molecule has 6 nitrogen and oxygen atoms in total. The van der Waals surface area contributed by atoms with Crippen LogP contribution in [0.2, 0.25) is 0 Å². The molecule has 3 unspecified atom stereocenters. The molecule has 3 atom stereocenters. The van der Waals surface area contributed by atoms with Gasteiger partial charge in [0.15, 0.2) is 0 Å². The molecule has 6 heteroatoms. The lowest BCUT2D eigenvalue weighted by Crippen LogP contribution is -2.38. The van der Waals surface area contributed by atoms with E-state index in [0.717, 1.165) is 35.8 Å². The van der Waals surface area contributed by atoms with Gasteiger partial charge in [0.25, 0.3) is 0 Å². The van der Waals surface area contributed by atoms with E-state index in [1.807, 2.05) is 35.2 Å². The molecule has 0 bridgehead atoms. The van der Waals surface area contributed by atoms with Crippen LogP contribution in [0.25, 0.3) is 0 Å². The number of methoxy groups -OCH3 is 1. The smallest absolute Gasteiger partial charge is 0.228 e. The molecule has 1 aromatic heterocycles. The molecule has 2 saturated carbocycles. The quantitative estimate of drug-likeness (QED) is 0.696. The number of nitrogens with zero attached hydrogens (tertiary/aromatic N) is 2. The standard InChI is InChI=1S/C24H28N2O4/c1-15-11-21(15)22-10-9-20(30-22)14-26(18-3-4-18)24(28)16-12-23(27)25(13-16)17-5-7-19(29-2)8-6-17/h5-10,15-16,18,21H,3-4,11-14H2,1-2H3. The first-order valence-corrected chi connectivity index (χ1v) is 10.9. The molecule has 1 aromatic carbocycles. The molecular weight excluding hydrogens is 380 g/mol. The van der Waals surface area contributed by atoms with Crippen molar-refractivity contribution >= 4 is 17.5 Å². The third-order valence-corrected chi connectivity index (χ3v) is 6.61. The fourth-order valence-electron chi connectivity index (χ4n) is 4.46. The lowest BCUT2D eigenvalue weighted by Gasteiger charge is -2.25. The van der Waals surface area contributed by atoms with Crippen LogP contribution in [0.4, 0.5) is 5.69 Å². The van der Waals surface area contributed by atoms with Crippen molar-refractivity contribution in [3.63, 3.8) is 0 Å². The summed E-state index contributed by atoms with van der Waals surface area (Å²) in [6, 6.07) is 11.7. The van der Waals surface area contributed by atoms with E-state index >= 15 is 0 Å². The van der Waals surface area contributed by atoms with Crippen molar-refractivity contribution in [2.75, 3.05) is 18.6 Å². The zero-order valence-corrected chi connectivity index (χ0v) is 17.5. The van der Waals surface area contributed by atoms with Crippen LogP contribution in [0.15, 0.2) is 40.8 Å². The molecule has 0 N–H and O–H groups in total. The van der Waals surface area contributed by atoms with Gasteiger partial charge in [-0.05, 0) is 61.6 Å². The monoisotopic (exact) mass is 408 g/mol. The van der Waals surface area contributed by atoms with Crippen molar-refractivity contribution in [1.29, 1.82) is 0 Å². The van der Waals surface area contributed by atoms with E-state index in [4.69, 9.17) is 9.15 Å². The Kier molecular flexibility index (Phi) is 4.80. The highest BCUT2D eigenvalue weighted by Crippen LogP contribution is 2.47. The fraction of sp³-hybridized carbons (Fsp3) is 0.500. The molecule has 0 spiro atoms. The van der Waals surface area contributed by atoms with Crippen LogP contribution in [-0.2, 0) is 16.1 Å². The Morgan fingerprint density at radius 3 is 2.57 bits per heavy atom. The van der Waals surface area contributed by atoms with Gasteiger partial charge in [-0.3, -0.25) is 9.59 Å². The van der Waals surface area contributed by atoms with Gasteiger partial charge in [-0.2, -0.15) is 0 Å². The summed E-state index contributed by atoms with van der Waals surface area (Å²) < 4.78 is 11.2. The summed E-state index contributed by atoms with van der Waals surface area (Å²) in [7, 11) is 1.62.